The Labute approximate surface area is 141 Å². The van der Waals surface area contributed by atoms with E-state index < -0.39 is 33.9 Å². The smallest absolute Gasteiger partial charge is 0.407 e. The van der Waals surface area contributed by atoms with Gasteiger partial charge in [-0.2, -0.15) is 4.31 Å². The first-order valence-corrected chi connectivity index (χ1v) is 9.08. The largest absolute Gasteiger partial charge is 0.444 e. The minimum Gasteiger partial charge on any atom is -0.444 e. The van der Waals surface area contributed by atoms with Crippen LogP contribution in [0.15, 0.2) is 29.4 Å². The maximum Gasteiger partial charge on any atom is 0.407 e. The minimum atomic E-state index is -3.84. The zero-order valence-electron chi connectivity index (χ0n) is 13.9. The number of hydrogen-bond donors (Lipinski definition) is 1. The molecular weight excluding hydrogens is 337 g/mol. The molecule has 1 saturated heterocycles. The molecule has 1 N–H and O–H groups in total. The number of hydrogen-bond acceptors (Lipinski definition) is 5. The molecule has 1 aromatic heterocycles. The standard InChI is InChI=1S/C15H22FN3O4S/c1-15(2,3)23-14(20)18-12-7-9-19(10-11(12)16)24(21,22)13-6-4-5-8-17-13/h4-6,8,11-12H,7,9-10H2,1-3H3,(H,18,20)/t11-,12-/m0/s1. The van der Waals surface area contributed by atoms with Crippen molar-refractivity contribution in [1.29, 1.82) is 0 Å². The molecule has 7 nitrogen and oxygen atoms in total. The van der Waals surface area contributed by atoms with Crippen LogP contribution in [-0.2, 0) is 14.8 Å². The topological polar surface area (TPSA) is 88.6 Å². The predicted molar refractivity (Wildman–Crippen MR) is 85.7 cm³/mol. The molecule has 0 aliphatic carbocycles. The summed E-state index contributed by atoms with van der Waals surface area (Å²) in [4.78, 5) is 15.5. The van der Waals surface area contributed by atoms with Crippen LogP contribution in [0.2, 0.25) is 0 Å². The van der Waals surface area contributed by atoms with Crippen molar-refractivity contribution >= 4 is 16.1 Å². The second-order valence-corrected chi connectivity index (χ2v) is 8.47. The van der Waals surface area contributed by atoms with Gasteiger partial charge in [-0.25, -0.2) is 22.6 Å². The Morgan fingerprint density at radius 1 is 1.42 bits per heavy atom. The van der Waals surface area contributed by atoms with Crippen LogP contribution in [0.4, 0.5) is 9.18 Å². The number of nitrogens with zero attached hydrogens (tertiary/aromatic N) is 2. The molecule has 2 heterocycles. The quantitative estimate of drug-likeness (QED) is 0.887. The lowest BCUT2D eigenvalue weighted by Gasteiger charge is -2.34. The number of alkyl carbamates (subject to hydrolysis) is 1. The summed E-state index contributed by atoms with van der Waals surface area (Å²) in [6.07, 6.45) is -0.704. The van der Waals surface area contributed by atoms with Gasteiger partial charge in [0.15, 0.2) is 5.03 Å². The van der Waals surface area contributed by atoms with E-state index in [1.54, 1.807) is 32.9 Å². The monoisotopic (exact) mass is 359 g/mol. The second kappa shape index (κ2) is 7.02. The number of sulfonamides is 1. The van der Waals surface area contributed by atoms with Crippen LogP contribution >= 0.6 is 0 Å². The van der Waals surface area contributed by atoms with Crippen LogP contribution in [0.3, 0.4) is 0 Å². The molecule has 0 saturated carbocycles. The first kappa shape index (κ1) is 18.6. The molecule has 1 aliphatic rings. The summed E-state index contributed by atoms with van der Waals surface area (Å²) in [6.45, 7) is 4.89. The third-order valence-corrected chi connectivity index (χ3v) is 5.23. The van der Waals surface area contributed by atoms with Crippen molar-refractivity contribution in [3.63, 3.8) is 0 Å². The molecule has 1 aromatic rings. The number of nitrogens with one attached hydrogen (secondary N) is 1. The van der Waals surface area contributed by atoms with E-state index in [9.17, 15) is 17.6 Å². The second-order valence-electron chi connectivity index (χ2n) is 6.59. The number of halogens is 1. The van der Waals surface area contributed by atoms with E-state index in [1.165, 1.54) is 12.3 Å². The molecule has 134 valence electrons. The van der Waals surface area contributed by atoms with E-state index in [4.69, 9.17) is 4.74 Å². The van der Waals surface area contributed by atoms with Gasteiger partial charge < -0.3 is 10.1 Å². The molecule has 2 rings (SSSR count). The summed E-state index contributed by atoms with van der Waals surface area (Å²) in [7, 11) is -3.84. The molecule has 1 fully saturated rings. The van der Waals surface area contributed by atoms with Gasteiger partial charge in [0.1, 0.15) is 11.8 Å². The highest BCUT2D eigenvalue weighted by molar-refractivity contribution is 7.89. The van der Waals surface area contributed by atoms with E-state index in [0.717, 1.165) is 4.31 Å². The molecule has 0 spiro atoms. The first-order chi connectivity index (χ1) is 11.1. The number of ether oxygens (including phenoxy) is 1. The number of carbonyl (C=O) groups is 1. The van der Waals surface area contributed by atoms with Crippen molar-refractivity contribution in [1.82, 2.24) is 14.6 Å². The molecular formula is C15H22FN3O4S. The van der Waals surface area contributed by atoms with Crippen LogP contribution in [0.25, 0.3) is 0 Å². The Balaban J connectivity index is 1.99. The van der Waals surface area contributed by atoms with Crippen LogP contribution in [0.5, 0.6) is 0 Å². The van der Waals surface area contributed by atoms with Gasteiger partial charge in [-0.15, -0.1) is 0 Å². The third kappa shape index (κ3) is 4.64. The summed E-state index contributed by atoms with van der Waals surface area (Å²) in [5.74, 6) is 0. The lowest BCUT2D eigenvalue weighted by atomic mass is 10.1. The van der Waals surface area contributed by atoms with Crippen molar-refractivity contribution in [3.05, 3.63) is 24.4 Å². The summed E-state index contributed by atoms with van der Waals surface area (Å²) >= 11 is 0. The Morgan fingerprint density at radius 3 is 2.67 bits per heavy atom. The Morgan fingerprint density at radius 2 is 2.12 bits per heavy atom. The van der Waals surface area contributed by atoms with Crippen molar-refractivity contribution < 1.29 is 22.3 Å². The Kier molecular flexibility index (Phi) is 5.44. The van der Waals surface area contributed by atoms with Crippen molar-refractivity contribution in [2.24, 2.45) is 0 Å². The number of pyridine rings is 1. The van der Waals surface area contributed by atoms with Gasteiger partial charge in [0.05, 0.1) is 6.04 Å². The first-order valence-electron chi connectivity index (χ1n) is 7.64. The average molecular weight is 359 g/mol. The maximum atomic E-state index is 14.3. The highest BCUT2D eigenvalue weighted by Crippen LogP contribution is 2.21. The fraction of sp³-hybridized carbons (Fsp3) is 0.600. The van der Waals surface area contributed by atoms with Gasteiger partial charge in [-0.1, -0.05) is 6.07 Å². The summed E-state index contributed by atoms with van der Waals surface area (Å²) in [5, 5.41) is 2.35. The molecule has 0 aromatic carbocycles. The highest BCUT2D eigenvalue weighted by Gasteiger charge is 2.37. The number of aromatic nitrogens is 1. The predicted octanol–water partition coefficient (Wildman–Crippen LogP) is 1.71. The summed E-state index contributed by atoms with van der Waals surface area (Å²) < 4.78 is 45.4. The molecule has 24 heavy (non-hydrogen) atoms. The summed E-state index contributed by atoms with van der Waals surface area (Å²) in [6, 6.07) is 3.75. The number of alkyl halides is 1. The molecule has 0 unspecified atom stereocenters. The SMILES string of the molecule is CC(C)(C)OC(=O)N[C@H]1CCN(S(=O)(=O)c2ccccn2)C[C@@H]1F. The fourth-order valence-electron chi connectivity index (χ4n) is 2.35. The fourth-order valence-corrected chi connectivity index (χ4v) is 3.74. The lowest BCUT2D eigenvalue weighted by Crippen LogP contribution is -2.54. The number of rotatable bonds is 3. The zero-order valence-corrected chi connectivity index (χ0v) is 14.7. The van der Waals surface area contributed by atoms with Crippen LogP contribution in [-0.4, -0.2) is 54.7 Å². The van der Waals surface area contributed by atoms with Crippen LogP contribution in [0, 0.1) is 0 Å². The Bertz CT molecular complexity index is 676. The van der Waals surface area contributed by atoms with Gasteiger partial charge in [-0.05, 0) is 39.3 Å². The van der Waals surface area contributed by atoms with Crippen molar-refractivity contribution in [2.75, 3.05) is 13.1 Å². The molecule has 1 aliphatic heterocycles. The molecule has 1 amide bonds. The van der Waals surface area contributed by atoms with E-state index in [-0.39, 0.29) is 24.5 Å². The van der Waals surface area contributed by atoms with Gasteiger partial charge in [0.25, 0.3) is 10.0 Å². The van der Waals surface area contributed by atoms with E-state index in [1.807, 2.05) is 0 Å². The van der Waals surface area contributed by atoms with E-state index >= 15 is 0 Å². The average Bonchev–Trinajstić information content (AvgIpc) is 2.48. The lowest BCUT2D eigenvalue weighted by molar-refractivity contribution is 0.0438. The van der Waals surface area contributed by atoms with Gasteiger partial charge >= 0.3 is 6.09 Å². The molecule has 2 atom stereocenters. The molecule has 0 radical (unpaired) electrons. The van der Waals surface area contributed by atoms with Gasteiger partial charge in [-0.3, -0.25) is 0 Å². The highest BCUT2D eigenvalue weighted by atomic mass is 32.2. The van der Waals surface area contributed by atoms with Crippen molar-refractivity contribution in [3.8, 4) is 0 Å². The molecule has 0 bridgehead atoms. The molecule has 9 heteroatoms. The van der Waals surface area contributed by atoms with Crippen molar-refractivity contribution in [2.45, 2.75) is 50.0 Å². The maximum absolute atomic E-state index is 14.3. The normalized spacial score (nSPS) is 22.8. The van der Waals surface area contributed by atoms with E-state index in [2.05, 4.69) is 10.3 Å². The van der Waals surface area contributed by atoms with Gasteiger partial charge in [0.2, 0.25) is 0 Å². The van der Waals surface area contributed by atoms with Crippen LogP contribution < -0.4 is 5.32 Å². The summed E-state index contributed by atoms with van der Waals surface area (Å²) in [5.41, 5.74) is -0.682. The third-order valence-electron chi connectivity index (χ3n) is 3.45. The number of piperidine rings is 1. The zero-order chi connectivity index (χ0) is 18.0. The number of amides is 1. The van der Waals surface area contributed by atoms with Gasteiger partial charge in [0, 0.05) is 19.3 Å². The van der Waals surface area contributed by atoms with E-state index in [0.29, 0.717) is 0 Å². The number of carbonyl (C=O) groups excluding carboxylic acids is 1. The minimum absolute atomic E-state index is 0.0970. The van der Waals surface area contributed by atoms with Crippen LogP contribution in [0.1, 0.15) is 27.2 Å². The Hall–Kier alpha value is -1.74.